The van der Waals surface area contributed by atoms with E-state index in [1.54, 1.807) is 23.1 Å². The van der Waals surface area contributed by atoms with Crippen molar-refractivity contribution in [2.24, 2.45) is 0 Å². The Morgan fingerprint density at radius 2 is 2.19 bits per heavy atom. The molecule has 0 spiro atoms. The Labute approximate surface area is 128 Å². The number of aliphatic hydroxyl groups excluding tert-OH is 1. The number of amides is 2. The van der Waals surface area contributed by atoms with Gasteiger partial charge in [0, 0.05) is 31.7 Å². The summed E-state index contributed by atoms with van der Waals surface area (Å²) in [7, 11) is 0. The van der Waals surface area contributed by atoms with Crippen LogP contribution in [0.5, 0.6) is 0 Å². The summed E-state index contributed by atoms with van der Waals surface area (Å²) in [5, 5.41) is 11.9. The van der Waals surface area contributed by atoms with Gasteiger partial charge in [-0.15, -0.1) is 0 Å². The molecule has 0 radical (unpaired) electrons. The molecule has 0 unspecified atom stereocenters. The van der Waals surface area contributed by atoms with E-state index in [9.17, 15) is 9.59 Å². The Kier molecular flexibility index (Phi) is 5.59. The van der Waals surface area contributed by atoms with E-state index in [2.05, 4.69) is 5.32 Å². The van der Waals surface area contributed by atoms with Gasteiger partial charge in [-0.25, -0.2) is 0 Å². The molecule has 114 valence electrons. The fourth-order valence-electron chi connectivity index (χ4n) is 2.33. The van der Waals surface area contributed by atoms with Crippen LogP contribution < -0.4 is 10.2 Å². The Hall–Kier alpha value is -1.59. The summed E-state index contributed by atoms with van der Waals surface area (Å²) in [6.45, 7) is 0.781. The van der Waals surface area contributed by atoms with Gasteiger partial charge in [0.2, 0.25) is 11.8 Å². The smallest absolute Gasteiger partial charge is 0.227 e. The predicted octanol–water partition coefficient (Wildman–Crippen LogP) is 2.57. The first-order valence-corrected chi connectivity index (χ1v) is 7.50. The average Bonchev–Trinajstić information content (AvgIpc) is 2.85. The fourth-order valence-corrected chi connectivity index (χ4v) is 2.61. The number of aliphatic hydroxyl groups is 1. The van der Waals surface area contributed by atoms with Crippen molar-refractivity contribution < 1.29 is 14.7 Å². The molecular formula is C15H19ClN2O3. The molecule has 6 heteroatoms. The van der Waals surface area contributed by atoms with E-state index in [1.807, 2.05) is 0 Å². The zero-order valence-electron chi connectivity index (χ0n) is 11.8. The Bertz CT molecular complexity index is 534. The highest BCUT2D eigenvalue weighted by molar-refractivity contribution is 6.34. The van der Waals surface area contributed by atoms with Crippen LogP contribution in [-0.4, -0.2) is 30.1 Å². The molecule has 2 N–H and O–H groups in total. The predicted molar refractivity (Wildman–Crippen MR) is 82.6 cm³/mol. The summed E-state index contributed by atoms with van der Waals surface area (Å²) in [5.74, 6) is -0.0257. The van der Waals surface area contributed by atoms with Crippen molar-refractivity contribution >= 4 is 34.8 Å². The molecule has 21 heavy (non-hydrogen) atoms. The van der Waals surface area contributed by atoms with Crippen molar-refractivity contribution in [1.82, 2.24) is 0 Å². The largest absolute Gasteiger partial charge is 0.396 e. The molecular weight excluding hydrogens is 292 g/mol. The number of hydrogen-bond donors (Lipinski definition) is 2. The molecule has 0 aliphatic carbocycles. The summed E-state index contributed by atoms with van der Waals surface area (Å²) in [4.78, 5) is 25.1. The van der Waals surface area contributed by atoms with E-state index < -0.39 is 0 Å². The number of rotatable bonds is 6. The molecule has 1 aliphatic rings. The van der Waals surface area contributed by atoms with Gasteiger partial charge in [0.1, 0.15) is 0 Å². The van der Waals surface area contributed by atoms with Crippen molar-refractivity contribution in [3.63, 3.8) is 0 Å². The van der Waals surface area contributed by atoms with Crippen LogP contribution in [0.3, 0.4) is 0 Å². The van der Waals surface area contributed by atoms with Crippen molar-refractivity contribution in [2.75, 3.05) is 23.4 Å². The maximum Gasteiger partial charge on any atom is 0.227 e. The van der Waals surface area contributed by atoms with Gasteiger partial charge in [-0.3, -0.25) is 9.59 Å². The second kappa shape index (κ2) is 7.43. The van der Waals surface area contributed by atoms with Crippen LogP contribution in [-0.2, 0) is 9.59 Å². The van der Waals surface area contributed by atoms with Gasteiger partial charge in [-0.1, -0.05) is 11.6 Å². The van der Waals surface area contributed by atoms with Crippen LogP contribution in [0.2, 0.25) is 5.02 Å². The SMILES string of the molecule is O=C(CCCCO)Nc1ccc(N2CCCC2=O)c(Cl)c1. The molecule has 0 atom stereocenters. The van der Waals surface area contributed by atoms with Crippen LogP contribution in [0.1, 0.15) is 32.1 Å². The molecule has 1 fully saturated rings. The third kappa shape index (κ3) is 4.19. The molecule has 0 bridgehead atoms. The van der Waals surface area contributed by atoms with Crippen LogP contribution in [0.25, 0.3) is 0 Å². The summed E-state index contributed by atoms with van der Waals surface area (Å²) < 4.78 is 0. The second-order valence-electron chi connectivity index (χ2n) is 5.04. The number of nitrogens with one attached hydrogen (secondary N) is 1. The molecule has 1 aromatic rings. The fraction of sp³-hybridized carbons (Fsp3) is 0.467. The first kappa shape index (κ1) is 15.8. The van der Waals surface area contributed by atoms with E-state index in [0.29, 0.717) is 48.6 Å². The molecule has 0 aromatic heterocycles. The number of nitrogens with zero attached hydrogens (tertiary/aromatic N) is 1. The number of carbonyl (C=O) groups is 2. The highest BCUT2D eigenvalue weighted by atomic mass is 35.5. The molecule has 1 aromatic carbocycles. The standard InChI is InChI=1S/C15H19ClN2O3/c16-12-10-11(17-14(20)4-1-2-9-19)6-7-13(12)18-8-3-5-15(18)21/h6-7,10,19H,1-5,8-9H2,(H,17,20). The molecule has 1 aliphatic heterocycles. The van der Waals surface area contributed by atoms with Gasteiger partial charge in [0.25, 0.3) is 0 Å². The lowest BCUT2D eigenvalue weighted by molar-refractivity contribution is -0.117. The maximum atomic E-state index is 11.7. The van der Waals surface area contributed by atoms with Gasteiger partial charge in [-0.05, 0) is 37.5 Å². The van der Waals surface area contributed by atoms with Crippen molar-refractivity contribution in [3.8, 4) is 0 Å². The zero-order chi connectivity index (χ0) is 15.2. The Balaban J connectivity index is 1.98. The molecule has 5 nitrogen and oxygen atoms in total. The quantitative estimate of drug-likeness (QED) is 0.793. The maximum absolute atomic E-state index is 11.7. The second-order valence-corrected chi connectivity index (χ2v) is 5.45. The number of benzene rings is 1. The average molecular weight is 311 g/mol. The highest BCUT2D eigenvalue weighted by Gasteiger charge is 2.23. The van der Waals surface area contributed by atoms with Crippen LogP contribution in [0, 0.1) is 0 Å². The third-order valence-corrected chi connectivity index (χ3v) is 3.71. The van der Waals surface area contributed by atoms with E-state index in [-0.39, 0.29) is 18.4 Å². The monoisotopic (exact) mass is 310 g/mol. The number of carbonyl (C=O) groups excluding carboxylic acids is 2. The first-order valence-electron chi connectivity index (χ1n) is 7.12. The minimum absolute atomic E-state index is 0.0812. The minimum atomic E-state index is -0.107. The van der Waals surface area contributed by atoms with Gasteiger partial charge in [-0.2, -0.15) is 0 Å². The van der Waals surface area contributed by atoms with Crippen molar-refractivity contribution in [2.45, 2.75) is 32.1 Å². The van der Waals surface area contributed by atoms with E-state index in [1.165, 1.54) is 0 Å². The molecule has 2 amide bonds. The van der Waals surface area contributed by atoms with Crippen molar-refractivity contribution in [1.29, 1.82) is 0 Å². The number of halogens is 1. The molecule has 0 saturated carbocycles. The van der Waals surface area contributed by atoms with Gasteiger partial charge in [0.05, 0.1) is 10.7 Å². The Morgan fingerprint density at radius 1 is 1.38 bits per heavy atom. The van der Waals surface area contributed by atoms with Crippen LogP contribution in [0.4, 0.5) is 11.4 Å². The molecule has 2 rings (SSSR count). The number of anilines is 2. The number of hydrogen-bond acceptors (Lipinski definition) is 3. The summed E-state index contributed by atoms with van der Waals surface area (Å²) in [6.07, 6.45) is 3.03. The summed E-state index contributed by atoms with van der Waals surface area (Å²) in [5.41, 5.74) is 1.31. The summed E-state index contributed by atoms with van der Waals surface area (Å²) in [6, 6.07) is 5.16. The van der Waals surface area contributed by atoms with Gasteiger partial charge < -0.3 is 15.3 Å². The first-order chi connectivity index (χ1) is 10.1. The van der Waals surface area contributed by atoms with E-state index in [4.69, 9.17) is 16.7 Å². The highest BCUT2D eigenvalue weighted by Crippen LogP contribution is 2.31. The van der Waals surface area contributed by atoms with Gasteiger partial charge in [0.15, 0.2) is 0 Å². The molecule has 1 saturated heterocycles. The third-order valence-electron chi connectivity index (χ3n) is 3.41. The minimum Gasteiger partial charge on any atom is -0.396 e. The summed E-state index contributed by atoms with van der Waals surface area (Å²) >= 11 is 6.21. The Morgan fingerprint density at radius 3 is 2.81 bits per heavy atom. The van der Waals surface area contributed by atoms with Gasteiger partial charge >= 0.3 is 0 Å². The zero-order valence-corrected chi connectivity index (χ0v) is 12.5. The number of unbranched alkanes of at least 4 members (excludes halogenated alkanes) is 1. The van der Waals surface area contributed by atoms with E-state index in [0.717, 1.165) is 6.42 Å². The van der Waals surface area contributed by atoms with E-state index >= 15 is 0 Å². The lowest BCUT2D eigenvalue weighted by atomic mass is 10.2. The lowest BCUT2D eigenvalue weighted by Crippen LogP contribution is -2.24. The molecule has 1 heterocycles. The lowest BCUT2D eigenvalue weighted by Gasteiger charge is -2.18. The normalized spacial score (nSPS) is 14.6. The van der Waals surface area contributed by atoms with Crippen LogP contribution in [0.15, 0.2) is 18.2 Å². The van der Waals surface area contributed by atoms with Crippen LogP contribution >= 0.6 is 11.6 Å². The van der Waals surface area contributed by atoms with Crippen molar-refractivity contribution in [3.05, 3.63) is 23.2 Å². The topological polar surface area (TPSA) is 69.6 Å².